The fourth-order valence-corrected chi connectivity index (χ4v) is 2.58. The molecule has 1 saturated heterocycles. The van der Waals surface area contributed by atoms with E-state index < -0.39 is 24.1 Å². The number of carbonyl (C=O) groups excluding carboxylic acids is 3. The average Bonchev–Trinajstić information content (AvgIpc) is 2.68. The number of nitrogens with zero attached hydrogens (tertiary/aromatic N) is 2. The van der Waals surface area contributed by atoms with Crippen molar-refractivity contribution < 1.29 is 23.9 Å². The third kappa shape index (κ3) is 6.26. The zero-order valence-electron chi connectivity index (χ0n) is 16.1. The molecule has 152 valence electrons. The van der Waals surface area contributed by atoms with Crippen molar-refractivity contribution >= 4 is 24.1 Å². The maximum Gasteiger partial charge on any atom is 0.437 e. The van der Waals surface area contributed by atoms with E-state index in [0.29, 0.717) is 25.8 Å². The van der Waals surface area contributed by atoms with E-state index in [0.717, 1.165) is 5.56 Å². The molecule has 0 radical (unpaired) electrons. The number of rotatable bonds is 5. The molecule has 1 unspecified atom stereocenters. The Morgan fingerprint density at radius 2 is 2.07 bits per heavy atom. The minimum Gasteiger partial charge on any atom is -0.447 e. The number of nitrogens with two attached hydrogens (primary N) is 1. The number of nitrogens with one attached hydrogen (secondary N) is 1. The minimum absolute atomic E-state index is 0.0516. The van der Waals surface area contributed by atoms with Crippen LogP contribution >= 0.6 is 0 Å². The second kappa shape index (κ2) is 10.3. The molecule has 1 aromatic carbocycles. The van der Waals surface area contributed by atoms with Crippen molar-refractivity contribution in [1.29, 1.82) is 0 Å². The van der Waals surface area contributed by atoms with E-state index >= 15 is 0 Å². The first-order valence-corrected chi connectivity index (χ1v) is 9.24. The Hall–Kier alpha value is -3.10. The molecule has 2 atom stereocenters. The highest BCUT2D eigenvalue weighted by molar-refractivity contribution is 6.03. The van der Waals surface area contributed by atoms with Gasteiger partial charge in [0.25, 0.3) is 5.91 Å². The molecule has 1 fully saturated rings. The molecule has 0 bridgehead atoms. The summed E-state index contributed by atoms with van der Waals surface area (Å²) in [5.74, 6) is -0.700. The van der Waals surface area contributed by atoms with Gasteiger partial charge in [-0.2, -0.15) is 0 Å². The van der Waals surface area contributed by atoms with Crippen LogP contribution in [-0.4, -0.2) is 47.6 Å². The van der Waals surface area contributed by atoms with Gasteiger partial charge >= 0.3 is 12.2 Å². The summed E-state index contributed by atoms with van der Waals surface area (Å²) < 4.78 is 10.2. The van der Waals surface area contributed by atoms with Crippen LogP contribution in [-0.2, 0) is 20.9 Å². The van der Waals surface area contributed by atoms with Crippen LogP contribution in [0.1, 0.15) is 38.7 Å². The van der Waals surface area contributed by atoms with E-state index in [2.05, 4.69) is 10.3 Å². The number of hydrogen-bond donors (Lipinski definition) is 2. The van der Waals surface area contributed by atoms with Crippen LogP contribution in [0.2, 0.25) is 0 Å². The molecular formula is C19H26N4O5. The molecule has 2 rings (SSSR count). The van der Waals surface area contributed by atoms with Crippen LogP contribution in [0.15, 0.2) is 35.3 Å². The molecule has 9 nitrogen and oxygen atoms in total. The summed E-state index contributed by atoms with van der Waals surface area (Å²) in [4.78, 5) is 41.1. The largest absolute Gasteiger partial charge is 0.447 e. The van der Waals surface area contributed by atoms with Gasteiger partial charge in [-0.05, 0) is 31.7 Å². The Bertz CT molecular complexity index is 722. The van der Waals surface area contributed by atoms with E-state index in [1.54, 1.807) is 6.92 Å². The van der Waals surface area contributed by atoms with Gasteiger partial charge in [0.2, 0.25) is 5.96 Å². The van der Waals surface area contributed by atoms with Crippen molar-refractivity contribution in [2.24, 2.45) is 10.7 Å². The van der Waals surface area contributed by atoms with E-state index in [1.807, 2.05) is 37.3 Å². The van der Waals surface area contributed by atoms with Crippen molar-refractivity contribution in [3.05, 3.63) is 35.9 Å². The second-order valence-corrected chi connectivity index (χ2v) is 6.46. The molecule has 3 amide bonds. The molecule has 1 aliphatic heterocycles. The normalized spacial score (nSPS) is 18.4. The van der Waals surface area contributed by atoms with Crippen molar-refractivity contribution in [2.45, 2.75) is 51.9 Å². The number of ether oxygens (including phenoxy) is 2. The quantitative estimate of drug-likeness (QED) is 0.586. The number of aliphatic imine (C=N–C) groups is 1. The first-order valence-electron chi connectivity index (χ1n) is 9.24. The molecule has 0 aliphatic carbocycles. The molecule has 0 aromatic heterocycles. The molecule has 1 aromatic rings. The highest BCUT2D eigenvalue weighted by Gasteiger charge is 2.32. The molecule has 0 saturated carbocycles. The molecule has 28 heavy (non-hydrogen) atoms. The first kappa shape index (κ1) is 21.2. The lowest BCUT2D eigenvalue weighted by atomic mass is 10.1. The minimum atomic E-state index is -0.889. The highest BCUT2D eigenvalue weighted by atomic mass is 16.6. The predicted octanol–water partition coefficient (Wildman–Crippen LogP) is 2.15. The van der Waals surface area contributed by atoms with Gasteiger partial charge in [-0.25, -0.2) is 9.59 Å². The number of benzene rings is 1. The number of guanidine groups is 1. The highest BCUT2D eigenvalue weighted by Crippen LogP contribution is 2.12. The Balaban J connectivity index is 1.91. The number of likely N-dealkylation sites (tertiary alicyclic amines) is 1. The standard InChI is InChI=1S/C19H26N4O5/c1-3-13(2)28-19(26)21-15-10-7-11-23(16(15)24)17(20)22-18(25)27-12-14-8-5-4-6-9-14/h4-6,8-9,13,15H,3,7,10-12H2,1-2H3,(H,21,26)(H2,20,22,25)/t13?,15-/m0/s1. The molecule has 9 heteroatoms. The lowest BCUT2D eigenvalue weighted by Crippen LogP contribution is -2.56. The lowest BCUT2D eigenvalue weighted by molar-refractivity contribution is -0.131. The van der Waals surface area contributed by atoms with Crippen LogP contribution in [0.25, 0.3) is 0 Å². The summed E-state index contributed by atoms with van der Waals surface area (Å²) in [5, 5.41) is 2.54. The number of amides is 3. The van der Waals surface area contributed by atoms with Crippen molar-refractivity contribution in [3.63, 3.8) is 0 Å². The summed E-state index contributed by atoms with van der Waals surface area (Å²) in [6.07, 6.45) is -0.0805. The predicted molar refractivity (Wildman–Crippen MR) is 102 cm³/mol. The first-order chi connectivity index (χ1) is 13.4. The lowest BCUT2D eigenvalue weighted by Gasteiger charge is -2.31. The fraction of sp³-hybridized carbons (Fsp3) is 0.474. The Morgan fingerprint density at radius 1 is 1.36 bits per heavy atom. The Morgan fingerprint density at radius 3 is 2.75 bits per heavy atom. The molecule has 1 heterocycles. The zero-order valence-corrected chi connectivity index (χ0v) is 16.1. The van der Waals surface area contributed by atoms with Gasteiger partial charge in [-0.15, -0.1) is 4.99 Å². The fourth-order valence-electron chi connectivity index (χ4n) is 2.58. The van der Waals surface area contributed by atoms with Crippen LogP contribution in [0.5, 0.6) is 0 Å². The second-order valence-electron chi connectivity index (χ2n) is 6.46. The summed E-state index contributed by atoms with van der Waals surface area (Å²) in [6, 6.07) is 8.34. The Kier molecular flexibility index (Phi) is 7.79. The molecule has 3 N–H and O–H groups in total. The molecule has 0 spiro atoms. The third-order valence-electron chi connectivity index (χ3n) is 4.30. The molecule has 1 aliphatic rings. The number of piperidine rings is 1. The molecular weight excluding hydrogens is 364 g/mol. The van der Waals surface area contributed by atoms with Crippen molar-refractivity contribution in [1.82, 2.24) is 10.2 Å². The number of hydrogen-bond acceptors (Lipinski definition) is 5. The van der Waals surface area contributed by atoms with Crippen LogP contribution in [0, 0.1) is 0 Å². The van der Waals surface area contributed by atoms with E-state index in [9.17, 15) is 14.4 Å². The zero-order chi connectivity index (χ0) is 20.5. The van der Waals surface area contributed by atoms with Gasteiger partial charge in [0.15, 0.2) is 0 Å². The SMILES string of the molecule is CCC(C)OC(=O)N[C@H]1CCCN(C(N)=NC(=O)OCc2ccccc2)C1=O. The third-order valence-corrected chi connectivity index (χ3v) is 4.30. The maximum absolute atomic E-state index is 12.6. The summed E-state index contributed by atoms with van der Waals surface area (Å²) in [7, 11) is 0. The van der Waals surface area contributed by atoms with E-state index in [-0.39, 0.29) is 18.7 Å². The van der Waals surface area contributed by atoms with Crippen LogP contribution < -0.4 is 11.1 Å². The van der Waals surface area contributed by atoms with Gasteiger partial charge in [0.1, 0.15) is 18.8 Å². The number of carbonyl (C=O) groups is 3. The van der Waals surface area contributed by atoms with E-state index in [4.69, 9.17) is 15.2 Å². The summed E-state index contributed by atoms with van der Waals surface area (Å²) >= 11 is 0. The van der Waals surface area contributed by atoms with Gasteiger partial charge in [-0.3, -0.25) is 9.69 Å². The van der Waals surface area contributed by atoms with Crippen molar-refractivity contribution in [3.8, 4) is 0 Å². The van der Waals surface area contributed by atoms with Crippen LogP contribution in [0.4, 0.5) is 9.59 Å². The van der Waals surface area contributed by atoms with Crippen molar-refractivity contribution in [2.75, 3.05) is 6.54 Å². The smallest absolute Gasteiger partial charge is 0.437 e. The summed E-state index contributed by atoms with van der Waals surface area (Å²) in [6.45, 7) is 4.01. The summed E-state index contributed by atoms with van der Waals surface area (Å²) in [5.41, 5.74) is 6.62. The topological polar surface area (TPSA) is 123 Å². The van der Waals surface area contributed by atoms with Gasteiger partial charge in [0, 0.05) is 6.54 Å². The number of alkyl carbamates (subject to hydrolysis) is 1. The Labute approximate surface area is 163 Å². The van der Waals surface area contributed by atoms with Gasteiger partial charge in [0.05, 0.1) is 0 Å². The average molecular weight is 390 g/mol. The monoisotopic (exact) mass is 390 g/mol. The van der Waals surface area contributed by atoms with Gasteiger partial charge < -0.3 is 20.5 Å². The van der Waals surface area contributed by atoms with Crippen LogP contribution in [0.3, 0.4) is 0 Å². The van der Waals surface area contributed by atoms with Gasteiger partial charge in [-0.1, -0.05) is 37.3 Å². The van der Waals surface area contributed by atoms with E-state index in [1.165, 1.54) is 4.90 Å². The maximum atomic E-state index is 12.6.